The molecule has 1 atom stereocenters. The smallest absolute Gasteiger partial charge is 0.255 e. The second-order valence-electron chi connectivity index (χ2n) is 7.25. The fourth-order valence-corrected chi connectivity index (χ4v) is 4.31. The summed E-state index contributed by atoms with van der Waals surface area (Å²) < 4.78 is 0. The number of ketones is 1. The molecule has 0 unspecified atom stereocenters. The van der Waals surface area contributed by atoms with Crippen LogP contribution < -0.4 is 0 Å². The third-order valence-electron chi connectivity index (χ3n) is 4.82. The van der Waals surface area contributed by atoms with Gasteiger partial charge in [0.25, 0.3) is 5.91 Å². The average Bonchev–Trinajstić information content (AvgIpc) is 3.12. The molecule has 0 aliphatic carbocycles. The number of Topliss-reactive ketones (excluding diaryl/α,β-unsaturated/α-hetero) is 1. The van der Waals surface area contributed by atoms with E-state index in [-0.39, 0.29) is 17.7 Å². The predicted molar refractivity (Wildman–Crippen MR) is 106 cm³/mol. The molecule has 0 bridgehead atoms. The molecule has 5 heteroatoms. The van der Waals surface area contributed by atoms with E-state index < -0.39 is 0 Å². The predicted octanol–water partition coefficient (Wildman–Crippen LogP) is 4.38. The van der Waals surface area contributed by atoms with Crippen LogP contribution in [-0.2, 0) is 6.54 Å². The van der Waals surface area contributed by atoms with E-state index in [0.717, 1.165) is 32.4 Å². The van der Waals surface area contributed by atoms with Gasteiger partial charge in [-0.15, -0.1) is 11.3 Å². The maximum Gasteiger partial charge on any atom is 0.255 e. The number of carbonyl (C=O) groups is 2. The van der Waals surface area contributed by atoms with Gasteiger partial charge in [-0.25, -0.2) is 0 Å². The SMILES string of the molecule is CC(=O)c1cc(C(=O)N2CCCC[C@H]2c2ccc(CN(C)C)cc2)cs1. The van der Waals surface area contributed by atoms with E-state index in [1.807, 2.05) is 10.3 Å². The van der Waals surface area contributed by atoms with Crippen molar-refractivity contribution in [3.05, 3.63) is 57.3 Å². The van der Waals surface area contributed by atoms with Gasteiger partial charge in [0.2, 0.25) is 0 Å². The molecule has 2 aromatic rings. The van der Waals surface area contributed by atoms with Crippen LogP contribution in [0.1, 0.15) is 63.4 Å². The van der Waals surface area contributed by atoms with Gasteiger partial charge in [-0.2, -0.15) is 0 Å². The molecule has 4 nitrogen and oxygen atoms in total. The Morgan fingerprint density at radius 2 is 1.92 bits per heavy atom. The zero-order chi connectivity index (χ0) is 18.7. The number of hydrogen-bond donors (Lipinski definition) is 0. The molecule has 138 valence electrons. The van der Waals surface area contributed by atoms with Crippen molar-refractivity contribution in [2.75, 3.05) is 20.6 Å². The zero-order valence-corrected chi connectivity index (χ0v) is 16.5. The van der Waals surface area contributed by atoms with Crippen molar-refractivity contribution in [2.24, 2.45) is 0 Å². The minimum absolute atomic E-state index is 0.0146. The molecule has 0 N–H and O–H groups in total. The highest BCUT2D eigenvalue weighted by atomic mass is 32.1. The van der Waals surface area contributed by atoms with Gasteiger partial charge in [0.05, 0.1) is 16.5 Å². The first-order valence-electron chi connectivity index (χ1n) is 9.09. The first kappa shape index (κ1) is 18.8. The normalized spacial score (nSPS) is 17.5. The Morgan fingerprint density at radius 3 is 2.54 bits per heavy atom. The molecule has 0 radical (unpaired) electrons. The van der Waals surface area contributed by atoms with Crippen molar-refractivity contribution < 1.29 is 9.59 Å². The topological polar surface area (TPSA) is 40.6 Å². The summed E-state index contributed by atoms with van der Waals surface area (Å²) >= 11 is 1.35. The number of hydrogen-bond acceptors (Lipinski definition) is 4. The molecule has 1 amide bonds. The Kier molecular flexibility index (Phi) is 5.89. The summed E-state index contributed by atoms with van der Waals surface area (Å²) in [6.45, 7) is 3.23. The van der Waals surface area contributed by atoms with E-state index in [9.17, 15) is 9.59 Å². The van der Waals surface area contributed by atoms with Crippen LogP contribution in [0.3, 0.4) is 0 Å². The van der Waals surface area contributed by atoms with Crippen molar-refractivity contribution in [1.29, 1.82) is 0 Å². The van der Waals surface area contributed by atoms with Crippen LogP contribution in [0.15, 0.2) is 35.7 Å². The van der Waals surface area contributed by atoms with Crippen LogP contribution in [0.25, 0.3) is 0 Å². The van der Waals surface area contributed by atoms with Crippen molar-refractivity contribution in [2.45, 2.75) is 38.8 Å². The summed E-state index contributed by atoms with van der Waals surface area (Å²) in [4.78, 5) is 29.4. The summed E-state index contributed by atoms with van der Waals surface area (Å²) in [6.07, 6.45) is 3.16. The Hall–Kier alpha value is -1.98. The van der Waals surface area contributed by atoms with E-state index in [2.05, 4.69) is 43.3 Å². The number of benzene rings is 1. The lowest BCUT2D eigenvalue weighted by atomic mass is 9.94. The minimum atomic E-state index is 0.0146. The minimum Gasteiger partial charge on any atom is -0.332 e. The average molecular weight is 371 g/mol. The molecule has 1 saturated heterocycles. The highest BCUT2D eigenvalue weighted by Gasteiger charge is 2.29. The van der Waals surface area contributed by atoms with Crippen LogP contribution in [0, 0.1) is 0 Å². The molecule has 1 aromatic heterocycles. The third kappa shape index (κ3) is 4.22. The van der Waals surface area contributed by atoms with Gasteiger partial charge >= 0.3 is 0 Å². The molecule has 26 heavy (non-hydrogen) atoms. The van der Waals surface area contributed by atoms with E-state index >= 15 is 0 Å². The Balaban J connectivity index is 1.80. The number of thiophene rings is 1. The maximum atomic E-state index is 13.0. The van der Waals surface area contributed by atoms with Gasteiger partial charge in [0.1, 0.15) is 0 Å². The number of nitrogens with zero attached hydrogens (tertiary/aromatic N) is 2. The van der Waals surface area contributed by atoms with Gasteiger partial charge in [-0.3, -0.25) is 9.59 Å². The summed E-state index contributed by atoms with van der Waals surface area (Å²) in [5, 5.41) is 1.81. The lowest BCUT2D eigenvalue weighted by Gasteiger charge is -2.36. The van der Waals surface area contributed by atoms with E-state index in [0.29, 0.717) is 10.4 Å². The van der Waals surface area contributed by atoms with Gasteiger partial charge in [0.15, 0.2) is 5.78 Å². The summed E-state index contributed by atoms with van der Waals surface area (Å²) in [5.41, 5.74) is 3.11. The van der Waals surface area contributed by atoms with Crippen LogP contribution >= 0.6 is 11.3 Å². The molecule has 0 spiro atoms. The molecule has 0 saturated carbocycles. The van der Waals surface area contributed by atoms with E-state index in [1.165, 1.54) is 22.5 Å². The standard InChI is InChI=1S/C21H26N2O2S/c1-15(24)20-12-18(14-26-20)21(25)23-11-5-4-6-19(23)17-9-7-16(8-10-17)13-22(2)3/h7-10,12,14,19H,4-6,11,13H2,1-3H3/t19-/m0/s1. The summed E-state index contributed by atoms with van der Waals surface area (Å²) in [5.74, 6) is 0.0524. The molecule has 2 heterocycles. The van der Waals surface area contributed by atoms with Gasteiger partial charge in [-0.05, 0) is 57.5 Å². The van der Waals surface area contributed by atoms with E-state index in [4.69, 9.17) is 0 Å². The number of likely N-dealkylation sites (tertiary alicyclic amines) is 1. The van der Waals surface area contributed by atoms with Gasteiger partial charge < -0.3 is 9.80 Å². The Morgan fingerprint density at radius 1 is 1.19 bits per heavy atom. The Bertz CT molecular complexity index is 780. The second-order valence-corrected chi connectivity index (χ2v) is 8.16. The first-order chi connectivity index (χ1) is 12.5. The molecule has 1 aromatic carbocycles. The molecular weight excluding hydrogens is 344 g/mol. The fourth-order valence-electron chi connectivity index (χ4n) is 3.53. The first-order valence-corrected chi connectivity index (χ1v) is 9.97. The van der Waals surface area contributed by atoms with Crippen LogP contribution in [0.2, 0.25) is 0 Å². The number of rotatable bonds is 5. The molecule has 1 aliphatic rings. The molecule has 3 rings (SSSR count). The number of amides is 1. The lowest BCUT2D eigenvalue weighted by Crippen LogP contribution is -2.38. The fraction of sp³-hybridized carbons (Fsp3) is 0.429. The van der Waals surface area contributed by atoms with Gasteiger partial charge in [0, 0.05) is 18.5 Å². The highest BCUT2D eigenvalue weighted by Crippen LogP contribution is 2.33. The third-order valence-corrected chi connectivity index (χ3v) is 5.85. The summed E-state index contributed by atoms with van der Waals surface area (Å²) in [7, 11) is 4.12. The van der Waals surface area contributed by atoms with Crippen molar-refractivity contribution in [3.63, 3.8) is 0 Å². The monoisotopic (exact) mass is 370 g/mol. The van der Waals surface area contributed by atoms with Crippen LogP contribution in [0.5, 0.6) is 0 Å². The van der Waals surface area contributed by atoms with Crippen molar-refractivity contribution in [1.82, 2.24) is 9.80 Å². The maximum absolute atomic E-state index is 13.0. The quantitative estimate of drug-likeness (QED) is 0.734. The van der Waals surface area contributed by atoms with E-state index in [1.54, 1.807) is 13.0 Å². The second kappa shape index (κ2) is 8.14. The van der Waals surface area contributed by atoms with Gasteiger partial charge in [-0.1, -0.05) is 24.3 Å². The zero-order valence-electron chi connectivity index (χ0n) is 15.7. The number of piperidine rings is 1. The Labute approximate surface area is 159 Å². The van der Waals surface area contributed by atoms with Crippen molar-refractivity contribution in [3.8, 4) is 0 Å². The van der Waals surface area contributed by atoms with Crippen LogP contribution in [-0.4, -0.2) is 42.1 Å². The molecule has 1 aliphatic heterocycles. The highest BCUT2D eigenvalue weighted by molar-refractivity contribution is 7.12. The lowest BCUT2D eigenvalue weighted by molar-refractivity contribution is 0.0612. The summed E-state index contributed by atoms with van der Waals surface area (Å²) in [6, 6.07) is 10.5. The largest absolute Gasteiger partial charge is 0.332 e. The van der Waals surface area contributed by atoms with Crippen LogP contribution in [0.4, 0.5) is 0 Å². The van der Waals surface area contributed by atoms with Crippen molar-refractivity contribution >= 4 is 23.0 Å². The number of carbonyl (C=O) groups excluding carboxylic acids is 2. The molecule has 1 fully saturated rings. The molecular formula is C21H26N2O2S.